The number of pyridine rings is 1. The molecule has 134 valence electrons. The van der Waals surface area contributed by atoms with E-state index in [4.69, 9.17) is 5.73 Å². The first-order valence-electron chi connectivity index (χ1n) is 7.94. The summed E-state index contributed by atoms with van der Waals surface area (Å²) in [4.78, 5) is 24.0. The van der Waals surface area contributed by atoms with Crippen molar-refractivity contribution in [2.24, 2.45) is 5.73 Å². The number of nitrogens with one attached hydrogen (secondary N) is 1. The Morgan fingerprint density at radius 3 is 2.85 bits per heavy atom. The number of amides is 1. The molecule has 0 saturated carbocycles. The van der Waals surface area contributed by atoms with Crippen molar-refractivity contribution in [1.29, 1.82) is 0 Å². The number of fused-ring (bicyclic) bond motifs is 1. The van der Waals surface area contributed by atoms with Crippen molar-refractivity contribution in [3.05, 3.63) is 65.9 Å². The van der Waals surface area contributed by atoms with E-state index in [2.05, 4.69) is 30.6 Å². The molecular weight excluding hydrogens is 351 g/mol. The summed E-state index contributed by atoms with van der Waals surface area (Å²) in [6, 6.07) is 11.2. The van der Waals surface area contributed by atoms with Crippen LogP contribution in [0.4, 0.5) is 10.3 Å². The van der Waals surface area contributed by atoms with E-state index in [-0.39, 0.29) is 17.3 Å². The van der Waals surface area contributed by atoms with Gasteiger partial charge in [-0.25, -0.2) is 18.9 Å². The van der Waals surface area contributed by atoms with Crippen LogP contribution in [0.5, 0.6) is 0 Å². The number of benzene rings is 1. The summed E-state index contributed by atoms with van der Waals surface area (Å²) in [5, 5.41) is 11.0. The van der Waals surface area contributed by atoms with E-state index in [1.165, 1.54) is 23.0 Å². The first kappa shape index (κ1) is 16.5. The zero-order valence-electron chi connectivity index (χ0n) is 13.9. The quantitative estimate of drug-likeness (QED) is 0.549. The highest BCUT2D eigenvalue weighted by atomic mass is 19.1. The van der Waals surface area contributed by atoms with E-state index >= 15 is 0 Å². The summed E-state index contributed by atoms with van der Waals surface area (Å²) in [6.45, 7) is 0.342. The number of aromatic nitrogens is 6. The smallest absolute Gasteiger partial charge is 0.267 e. The lowest BCUT2D eigenvalue weighted by molar-refractivity contribution is 0.0993. The molecule has 0 radical (unpaired) electrons. The first-order chi connectivity index (χ1) is 13.1. The molecule has 4 rings (SSSR count). The minimum absolute atomic E-state index is 0.199. The van der Waals surface area contributed by atoms with Crippen LogP contribution in [-0.2, 0) is 6.54 Å². The number of hydrogen-bond acceptors (Lipinski definition) is 7. The van der Waals surface area contributed by atoms with Crippen molar-refractivity contribution in [3.8, 4) is 11.5 Å². The van der Waals surface area contributed by atoms with Gasteiger partial charge in [-0.3, -0.25) is 4.79 Å². The molecule has 1 aromatic carbocycles. The zero-order chi connectivity index (χ0) is 18.8. The van der Waals surface area contributed by atoms with Crippen LogP contribution in [0, 0.1) is 5.82 Å². The maximum absolute atomic E-state index is 13.3. The minimum Gasteiger partial charge on any atom is -0.364 e. The van der Waals surface area contributed by atoms with Gasteiger partial charge in [-0.1, -0.05) is 23.4 Å². The Bertz CT molecular complexity index is 1140. The third kappa shape index (κ3) is 3.27. The normalized spacial score (nSPS) is 10.9. The number of nitrogens with two attached hydrogens (primary N) is 1. The molecule has 9 nitrogen and oxygen atoms in total. The van der Waals surface area contributed by atoms with Crippen molar-refractivity contribution in [2.45, 2.75) is 6.54 Å². The van der Waals surface area contributed by atoms with Gasteiger partial charge in [-0.2, -0.15) is 4.98 Å². The second-order valence-electron chi connectivity index (χ2n) is 5.63. The van der Waals surface area contributed by atoms with Gasteiger partial charge in [-0.05, 0) is 29.8 Å². The predicted octanol–water partition coefficient (Wildman–Crippen LogP) is 1.43. The van der Waals surface area contributed by atoms with Crippen LogP contribution in [0.3, 0.4) is 0 Å². The summed E-state index contributed by atoms with van der Waals surface area (Å²) in [7, 11) is 0. The van der Waals surface area contributed by atoms with Crippen molar-refractivity contribution < 1.29 is 9.18 Å². The average molecular weight is 364 g/mol. The number of carbonyl (C=O) groups is 1. The van der Waals surface area contributed by atoms with Crippen molar-refractivity contribution in [2.75, 3.05) is 5.32 Å². The molecule has 3 N–H and O–H groups in total. The van der Waals surface area contributed by atoms with Gasteiger partial charge in [0.1, 0.15) is 17.8 Å². The lowest BCUT2D eigenvalue weighted by Gasteiger charge is -2.05. The Kier molecular flexibility index (Phi) is 4.13. The van der Waals surface area contributed by atoms with Crippen LogP contribution in [0.15, 0.2) is 48.8 Å². The highest BCUT2D eigenvalue weighted by Crippen LogP contribution is 2.20. The molecule has 0 unspecified atom stereocenters. The topological polar surface area (TPSA) is 124 Å². The average Bonchev–Trinajstić information content (AvgIpc) is 3.11. The maximum atomic E-state index is 13.3. The highest BCUT2D eigenvalue weighted by molar-refractivity contribution is 5.92. The van der Waals surface area contributed by atoms with Crippen molar-refractivity contribution in [3.63, 3.8) is 0 Å². The molecule has 27 heavy (non-hydrogen) atoms. The summed E-state index contributed by atoms with van der Waals surface area (Å²) < 4.78 is 14.6. The summed E-state index contributed by atoms with van der Waals surface area (Å²) in [5.74, 6) is -0.351. The third-order valence-corrected chi connectivity index (χ3v) is 3.82. The largest absolute Gasteiger partial charge is 0.364 e. The summed E-state index contributed by atoms with van der Waals surface area (Å²) >= 11 is 0. The summed E-state index contributed by atoms with van der Waals surface area (Å²) in [6.07, 6.45) is 1.33. The molecular formula is C17H13FN8O. The van der Waals surface area contributed by atoms with E-state index in [1.54, 1.807) is 30.3 Å². The number of primary amides is 1. The molecule has 10 heteroatoms. The standard InChI is InChI=1S/C17H13FN8O/c18-11-4-1-3-10(7-11)8-20-17-22-9-21-16(23-17)14-12-5-2-6-13(15(19)27)26(12)25-24-14/h1-7,9H,8H2,(H2,19,27)(H,20,21,22,23). The molecule has 3 aromatic heterocycles. The Morgan fingerprint density at radius 1 is 1.19 bits per heavy atom. The van der Waals surface area contributed by atoms with Crippen LogP contribution in [0.25, 0.3) is 17.0 Å². The molecule has 0 aliphatic rings. The molecule has 0 bridgehead atoms. The van der Waals surface area contributed by atoms with E-state index in [1.807, 2.05) is 0 Å². The van der Waals surface area contributed by atoms with E-state index in [0.717, 1.165) is 5.56 Å². The van der Waals surface area contributed by atoms with Crippen LogP contribution < -0.4 is 11.1 Å². The molecule has 0 fully saturated rings. The monoisotopic (exact) mass is 364 g/mol. The van der Waals surface area contributed by atoms with Gasteiger partial charge in [0.05, 0.1) is 5.52 Å². The van der Waals surface area contributed by atoms with Crippen LogP contribution in [-0.4, -0.2) is 35.7 Å². The zero-order valence-corrected chi connectivity index (χ0v) is 13.9. The van der Waals surface area contributed by atoms with Crippen LogP contribution in [0.2, 0.25) is 0 Å². The predicted molar refractivity (Wildman–Crippen MR) is 94.1 cm³/mol. The number of nitrogens with zero attached hydrogens (tertiary/aromatic N) is 6. The number of halogens is 1. The minimum atomic E-state index is -0.620. The first-order valence-corrected chi connectivity index (χ1v) is 7.94. The molecule has 3 heterocycles. The van der Waals surface area contributed by atoms with E-state index in [0.29, 0.717) is 23.7 Å². The molecule has 4 aromatic rings. The molecule has 0 aliphatic carbocycles. The fourth-order valence-electron chi connectivity index (χ4n) is 2.59. The number of rotatable bonds is 5. The Morgan fingerprint density at radius 2 is 2.04 bits per heavy atom. The fourth-order valence-corrected chi connectivity index (χ4v) is 2.59. The third-order valence-electron chi connectivity index (χ3n) is 3.82. The number of carbonyl (C=O) groups excluding carboxylic acids is 1. The van der Waals surface area contributed by atoms with E-state index < -0.39 is 5.91 Å². The van der Waals surface area contributed by atoms with Crippen LogP contribution >= 0.6 is 0 Å². The van der Waals surface area contributed by atoms with Crippen LogP contribution in [0.1, 0.15) is 16.1 Å². The summed E-state index contributed by atoms with van der Waals surface area (Å²) in [5.41, 5.74) is 7.22. The number of anilines is 1. The number of hydrogen-bond donors (Lipinski definition) is 2. The highest BCUT2D eigenvalue weighted by Gasteiger charge is 2.16. The molecule has 0 aliphatic heterocycles. The second-order valence-corrected chi connectivity index (χ2v) is 5.63. The van der Waals surface area contributed by atoms with Gasteiger partial charge in [0.15, 0.2) is 11.5 Å². The van der Waals surface area contributed by atoms with Gasteiger partial charge in [0.2, 0.25) is 5.95 Å². The maximum Gasteiger partial charge on any atom is 0.267 e. The van der Waals surface area contributed by atoms with Crippen molar-refractivity contribution in [1.82, 2.24) is 29.8 Å². The SMILES string of the molecule is NC(=O)c1cccc2c(-c3ncnc(NCc4cccc(F)c4)n3)nnn12. The molecule has 0 spiro atoms. The van der Waals surface area contributed by atoms with Gasteiger partial charge >= 0.3 is 0 Å². The Hall–Kier alpha value is -3.95. The molecule has 0 saturated heterocycles. The molecule has 1 amide bonds. The lowest BCUT2D eigenvalue weighted by Crippen LogP contribution is -2.15. The van der Waals surface area contributed by atoms with E-state index in [9.17, 15) is 9.18 Å². The van der Waals surface area contributed by atoms with Gasteiger partial charge < -0.3 is 11.1 Å². The van der Waals surface area contributed by atoms with Gasteiger partial charge in [0, 0.05) is 6.54 Å². The Balaban J connectivity index is 1.64. The van der Waals surface area contributed by atoms with Gasteiger partial charge in [-0.15, -0.1) is 5.10 Å². The lowest BCUT2D eigenvalue weighted by atomic mass is 10.2. The fraction of sp³-hybridized carbons (Fsp3) is 0.0588. The Labute approximate surface area is 152 Å². The van der Waals surface area contributed by atoms with Gasteiger partial charge in [0.25, 0.3) is 5.91 Å². The second kappa shape index (κ2) is 6.75. The van der Waals surface area contributed by atoms with Crippen molar-refractivity contribution >= 4 is 17.4 Å². The molecule has 0 atom stereocenters.